The summed E-state index contributed by atoms with van der Waals surface area (Å²) in [5.41, 5.74) is 10.1. The van der Waals surface area contributed by atoms with Crippen molar-refractivity contribution in [2.45, 2.75) is 63.9 Å². The van der Waals surface area contributed by atoms with E-state index in [9.17, 15) is 13.2 Å². The molecule has 44 heavy (non-hydrogen) atoms. The number of aromatic amines is 1. The molecule has 0 aliphatic carbocycles. The van der Waals surface area contributed by atoms with Crippen LogP contribution in [0.5, 0.6) is 0 Å². The number of hydrogen-bond acceptors (Lipinski definition) is 6. The number of epoxide rings is 1. The molecule has 0 radical (unpaired) electrons. The molecule has 3 aromatic heterocycles. The molecule has 3 aliphatic rings. The van der Waals surface area contributed by atoms with Crippen molar-refractivity contribution < 1.29 is 46.5 Å². The van der Waals surface area contributed by atoms with Crippen LogP contribution >= 0.6 is 0 Å². The van der Waals surface area contributed by atoms with Crippen LogP contribution in [0.4, 0.5) is 19.0 Å². The smallest absolute Gasteiger partial charge is 0.433 e. The van der Waals surface area contributed by atoms with E-state index in [4.69, 9.17) is 10.5 Å². The normalized spacial score (nSPS) is 23.9. The van der Waals surface area contributed by atoms with Crippen LogP contribution in [0.25, 0.3) is 10.9 Å². The summed E-state index contributed by atoms with van der Waals surface area (Å²) in [5.74, 6) is 0.381. The number of anilines is 1. The van der Waals surface area contributed by atoms with Crippen LogP contribution in [0.1, 0.15) is 34.1 Å². The molecule has 2 fully saturated rings. The quantitative estimate of drug-likeness (QED) is 0.142. The average Bonchev–Trinajstić information content (AvgIpc) is 3.32. The molecule has 0 amide bonds. The van der Waals surface area contributed by atoms with E-state index in [2.05, 4.69) is 71.9 Å². The van der Waals surface area contributed by atoms with E-state index < -0.39 is 11.9 Å². The van der Waals surface area contributed by atoms with Gasteiger partial charge in [0.25, 0.3) is 0 Å². The van der Waals surface area contributed by atoms with Crippen molar-refractivity contribution in [1.29, 1.82) is 0 Å². The van der Waals surface area contributed by atoms with Gasteiger partial charge in [-0.25, -0.2) is 14.1 Å². The van der Waals surface area contributed by atoms with Gasteiger partial charge in [0, 0.05) is 49.3 Å². The summed E-state index contributed by atoms with van der Waals surface area (Å²) in [6.07, 6.45) is 2.49. The summed E-state index contributed by atoms with van der Waals surface area (Å²) in [6, 6.07) is 9.82. The Morgan fingerprint density at radius 1 is 1.14 bits per heavy atom. The first kappa shape index (κ1) is 31.3. The van der Waals surface area contributed by atoms with Gasteiger partial charge >= 0.3 is 6.18 Å². The number of alkyl halides is 3. The minimum Gasteiger partial charge on any atom is -1.00 e. The number of benzene rings is 1. The van der Waals surface area contributed by atoms with Crippen LogP contribution in [0, 0.1) is 13.8 Å². The zero-order chi connectivity index (χ0) is 29.9. The average molecular weight is 723 g/mol. The molecule has 6 heterocycles. The fourth-order valence-corrected chi connectivity index (χ4v) is 6.78. The number of aryl methyl sites for hydroxylation is 2. The molecule has 4 atom stereocenters. The predicted octanol–water partition coefficient (Wildman–Crippen LogP) is 0.0529. The van der Waals surface area contributed by atoms with E-state index in [1.54, 1.807) is 6.07 Å². The van der Waals surface area contributed by atoms with Crippen molar-refractivity contribution in [3.05, 3.63) is 77.1 Å². The van der Waals surface area contributed by atoms with Gasteiger partial charge in [-0.15, -0.1) is 0 Å². The standard InChI is InChI=1S/C31H38F3N8O.HI/c1-19-3-5-24-23(13-19)22-7-9-41(25(28(22)37-24)16-39-11-12-40(18-39)17-26-30(35)43-26)15-21-14-36-8-10-42(21)27-6-4-20(2)29(38-27)31(32,33)34;/h3-6,11-13,18,21,25-26,30,36-37H,7-10,14-17,35H2,1-2H3;1H/q+1;/p-1. The molecule has 4 unspecified atom stereocenters. The molecule has 1 aromatic carbocycles. The maximum atomic E-state index is 13.7. The Morgan fingerprint density at radius 2 is 1.95 bits per heavy atom. The van der Waals surface area contributed by atoms with Gasteiger partial charge in [-0.3, -0.25) is 4.90 Å². The molecule has 4 N–H and O–H groups in total. The molecule has 0 bridgehead atoms. The molecule has 236 valence electrons. The van der Waals surface area contributed by atoms with E-state index in [-0.39, 0.29) is 54.0 Å². The van der Waals surface area contributed by atoms with Crippen LogP contribution in [-0.2, 0) is 30.4 Å². The zero-order valence-electron chi connectivity index (χ0n) is 24.8. The van der Waals surface area contributed by atoms with E-state index >= 15 is 0 Å². The Morgan fingerprint density at radius 3 is 2.73 bits per heavy atom. The summed E-state index contributed by atoms with van der Waals surface area (Å²) in [6.45, 7) is 8.52. The Balaban J connectivity index is 0.00000343. The lowest BCUT2D eigenvalue weighted by atomic mass is 9.95. The minimum absolute atomic E-state index is 0. The van der Waals surface area contributed by atoms with E-state index in [0.717, 1.165) is 25.0 Å². The Kier molecular flexibility index (Phi) is 8.69. The number of piperazine rings is 1. The summed E-state index contributed by atoms with van der Waals surface area (Å²) < 4.78 is 51.0. The Labute approximate surface area is 271 Å². The topological polar surface area (TPSA) is 94.5 Å². The Bertz CT molecular complexity index is 1640. The molecule has 0 saturated carbocycles. The van der Waals surface area contributed by atoms with Gasteiger partial charge in [-0.1, -0.05) is 17.7 Å². The third-order valence-electron chi connectivity index (χ3n) is 9.10. The third-order valence-corrected chi connectivity index (χ3v) is 9.10. The van der Waals surface area contributed by atoms with Crippen LogP contribution < -0.4 is 44.5 Å². The molecule has 2 saturated heterocycles. The highest BCUT2D eigenvalue weighted by molar-refractivity contribution is 5.85. The molecule has 13 heteroatoms. The maximum Gasteiger partial charge on any atom is 0.433 e. The highest BCUT2D eigenvalue weighted by Gasteiger charge is 2.39. The van der Waals surface area contributed by atoms with Crippen LogP contribution in [0.3, 0.4) is 0 Å². The molecular formula is C31H38F3IN8O. The first-order chi connectivity index (χ1) is 20.6. The van der Waals surface area contributed by atoms with Crippen molar-refractivity contribution in [3.63, 3.8) is 0 Å². The summed E-state index contributed by atoms with van der Waals surface area (Å²) in [4.78, 5) is 12.4. The molecule has 7 rings (SSSR count). The van der Waals surface area contributed by atoms with Gasteiger partial charge in [0.15, 0.2) is 0 Å². The SMILES string of the molecule is Cc1ccc2[nH]c3c(c2c1)CCN(CC1CNCCN1c1ccc(C)c(C(F)(F)F)n1)C3C[n+]1ccn(CC2OC2N)c1.[I-]. The first-order valence-electron chi connectivity index (χ1n) is 15.0. The second-order valence-corrected chi connectivity index (χ2v) is 12.2. The van der Waals surface area contributed by atoms with Crippen molar-refractivity contribution >= 4 is 16.7 Å². The number of aromatic nitrogens is 4. The van der Waals surface area contributed by atoms with Gasteiger partial charge in [0.1, 0.15) is 49.3 Å². The lowest BCUT2D eigenvalue weighted by molar-refractivity contribution is -0.702. The second kappa shape index (κ2) is 12.2. The Hall–Kier alpha value is -2.72. The van der Waals surface area contributed by atoms with Gasteiger partial charge in [-0.2, -0.15) is 13.2 Å². The van der Waals surface area contributed by atoms with Gasteiger partial charge in [0.05, 0.1) is 12.1 Å². The predicted molar refractivity (Wildman–Crippen MR) is 157 cm³/mol. The largest absolute Gasteiger partial charge is 1.00 e. The maximum absolute atomic E-state index is 13.7. The number of nitrogens with one attached hydrogen (secondary N) is 2. The van der Waals surface area contributed by atoms with Crippen LogP contribution in [0.2, 0.25) is 0 Å². The first-order valence-corrected chi connectivity index (χ1v) is 15.0. The van der Waals surface area contributed by atoms with Gasteiger partial charge in [-0.05, 0) is 49.6 Å². The van der Waals surface area contributed by atoms with Crippen molar-refractivity contribution in [2.75, 3.05) is 37.6 Å². The number of hydrogen-bond donors (Lipinski definition) is 3. The number of ether oxygens (including phenoxy) is 1. The van der Waals surface area contributed by atoms with Gasteiger partial charge < -0.3 is 49.6 Å². The second-order valence-electron chi connectivity index (χ2n) is 12.2. The van der Waals surface area contributed by atoms with Crippen molar-refractivity contribution in [3.8, 4) is 0 Å². The summed E-state index contributed by atoms with van der Waals surface area (Å²) >= 11 is 0. The van der Waals surface area contributed by atoms with Crippen molar-refractivity contribution in [1.82, 2.24) is 24.8 Å². The number of nitrogens with two attached hydrogens (primary N) is 1. The van der Waals surface area contributed by atoms with Crippen molar-refractivity contribution in [2.24, 2.45) is 5.73 Å². The van der Waals surface area contributed by atoms with E-state index in [0.29, 0.717) is 38.5 Å². The zero-order valence-corrected chi connectivity index (χ0v) is 27.0. The summed E-state index contributed by atoms with van der Waals surface area (Å²) in [7, 11) is 0. The number of nitrogens with zero attached hydrogens (tertiary/aromatic N) is 5. The minimum atomic E-state index is -4.49. The number of fused-ring (bicyclic) bond motifs is 3. The monoisotopic (exact) mass is 722 g/mol. The number of halogens is 4. The molecule has 4 aromatic rings. The number of rotatable bonds is 7. The molecule has 3 aliphatic heterocycles. The van der Waals surface area contributed by atoms with Crippen LogP contribution in [0.15, 0.2) is 49.1 Å². The fraction of sp³-hybridized carbons (Fsp3) is 0.484. The van der Waals surface area contributed by atoms with E-state index in [1.165, 1.54) is 35.2 Å². The molecule has 9 nitrogen and oxygen atoms in total. The number of H-pyrrole nitrogens is 1. The molecule has 0 spiro atoms. The fourth-order valence-electron chi connectivity index (χ4n) is 6.78. The van der Waals surface area contributed by atoms with Gasteiger partial charge in [0.2, 0.25) is 6.33 Å². The number of imidazole rings is 1. The molecular weight excluding hydrogens is 684 g/mol. The highest BCUT2D eigenvalue weighted by Crippen LogP contribution is 2.36. The lowest BCUT2D eigenvalue weighted by Crippen LogP contribution is -3.00. The third kappa shape index (κ3) is 6.21. The lowest BCUT2D eigenvalue weighted by Gasteiger charge is -2.43. The van der Waals surface area contributed by atoms with Crippen LogP contribution in [-0.4, -0.2) is 70.5 Å². The van der Waals surface area contributed by atoms with E-state index in [1.807, 2.05) is 6.20 Å². The summed E-state index contributed by atoms with van der Waals surface area (Å²) in [5, 5.41) is 4.74. The highest BCUT2D eigenvalue weighted by atomic mass is 127. The number of pyridine rings is 1.